The molecule has 3 aromatic rings. The maximum Gasteiger partial charge on any atom is 0.312 e. The fourth-order valence-electron chi connectivity index (χ4n) is 6.00. The summed E-state index contributed by atoms with van der Waals surface area (Å²) in [7, 11) is 0. The van der Waals surface area contributed by atoms with Gasteiger partial charge in [-0.25, -0.2) is 9.97 Å². The van der Waals surface area contributed by atoms with Crippen molar-refractivity contribution < 1.29 is 14.3 Å². The Morgan fingerprint density at radius 2 is 2.11 bits per heavy atom. The van der Waals surface area contributed by atoms with Crippen molar-refractivity contribution in [1.82, 2.24) is 15.3 Å². The second-order valence-electron chi connectivity index (χ2n) is 10.4. The molecule has 7 nitrogen and oxygen atoms in total. The first-order valence-corrected chi connectivity index (χ1v) is 13.4. The molecule has 7 heteroatoms. The lowest BCUT2D eigenvalue weighted by Crippen LogP contribution is -2.39. The predicted molar refractivity (Wildman–Crippen MR) is 142 cm³/mol. The Morgan fingerprint density at radius 3 is 2.97 bits per heavy atom. The van der Waals surface area contributed by atoms with Crippen LogP contribution in [0.2, 0.25) is 0 Å². The highest BCUT2D eigenvalue weighted by atomic mass is 16.5. The SMILES string of the molecule is CCOC(=O)[C@@]12CCN(c3nccc(-c4ccccc4OCc4ccc5c(c4C)CCNC5)n3)C[C@@H]1C2. The number of hydrogen-bond donors (Lipinski definition) is 1. The number of benzene rings is 2. The number of aromatic nitrogens is 2. The van der Waals surface area contributed by atoms with Gasteiger partial charge >= 0.3 is 5.97 Å². The molecule has 3 aliphatic rings. The summed E-state index contributed by atoms with van der Waals surface area (Å²) in [5, 5.41) is 3.45. The fourth-order valence-corrected chi connectivity index (χ4v) is 6.00. The molecule has 1 aromatic heterocycles. The van der Waals surface area contributed by atoms with E-state index in [9.17, 15) is 4.79 Å². The Bertz CT molecular complexity index is 1330. The maximum atomic E-state index is 12.4. The quantitative estimate of drug-likeness (QED) is 0.482. The third-order valence-corrected chi connectivity index (χ3v) is 8.33. The standard InChI is InChI=1S/C30H34N4O3/c1-3-36-28(35)30-12-15-34(18-23(30)16-30)29-32-14-11-26(33-29)25-6-4-5-7-27(25)37-19-22-9-8-21-17-31-13-10-24(21)20(22)2/h4-9,11,14,23,31H,3,10,12-13,15-19H2,1-2H3/t23-,30+/m0/s1. The molecule has 3 heterocycles. The number of ether oxygens (including phenoxy) is 2. The molecule has 0 unspecified atom stereocenters. The van der Waals surface area contributed by atoms with Crippen molar-refractivity contribution >= 4 is 11.9 Å². The number of carbonyl (C=O) groups is 1. The molecule has 2 fully saturated rings. The van der Waals surface area contributed by atoms with Crippen LogP contribution in [-0.4, -0.2) is 42.2 Å². The second-order valence-corrected chi connectivity index (χ2v) is 10.4. The van der Waals surface area contributed by atoms with E-state index in [1.807, 2.05) is 37.4 Å². The van der Waals surface area contributed by atoms with Gasteiger partial charge in [0.25, 0.3) is 0 Å². The van der Waals surface area contributed by atoms with Crippen LogP contribution in [0.15, 0.2) is 48.7 Å². The van der Waals surface area contributed by atoms with Gasteiger partial charge < -0.3 is 19.7 Å². The highest BCUT2D eigenvalue weighted by Crippen LogP contribution is 2.58. The van der Waals surface area contributed by atoms with Crippen LogP contribution in [0.3, 0.4) is 0 Å². The van der Waals surface area contributed by atoms with E-state index in [4.69, 9.17) is 14.5 Å². The number of nitrogens with zero attached hydrogens (tertiary/aromatic N) is 3. The van der Waals surface area contributed by atoms with E-state index in [2.05, 4.69) is 40.3 Å². The normalized spacial score (nSPS) is 22.1. The number of esters is 1. The van der Waals surface area contributed by atoms with Crippen molar-refractivity contribution in [3.05, 3.63) is 70.9 Å². The first-order valence-electron chi connectivity index (χ1n) is 13.4. The van der Waals surface area contributed by atoms with E-state index < -0.39 is 0 Å². The minimum Gasteiger partial charge on any atom is -0.488 e. The van der Waals surface area contributed by atoms with Crippen LogP contribution in [0, 0.1) is 18.3 Å². The van der Waals surface area contributed by atoms with E-state index in [1.54, 1.807) is 0 Å². The summed E-state index contributed by atoms with van der Waals surface area (Å²) in [6.07, 6.45) is 4.57. The molecule has 0 amide bonds. The van der Waals surface area contributed by atoms with Crippen LogP contribution in [0.5, 0.6) is 5.75 Å². The number of carbonyl (C=O) groups excluding carboxylic acids is 1. The predicted octanol–water partition coefficient (Wildman–Crippen LogP) is 4.46. The Kier molecular flexibility index (Phi) is 6.32. The summed E-state index contributed by atoms with van der Waals surface area (Å²) in [6, 6.07) is 14.4. The maximum absolute atomic E-state index is 12.4. The minimum atomic E-state index is -0.282. The van der Waals surface area contributed by atoms with Gasteiger partial charge in [0.1, 0.15) is 12.4 Å². The molecule has 192 valence electrons. The van der Waals surface area contributed by atoms with Gasteiger partial charge in [-0.15, -0.1) is 0 Å². The van der Waals surface area contributed by atoms with Crippen LogP contribution in [0.4, 0.5) is 5.95 Å². The van der Waals surface area contributed by atoms with Crippen LogP contribution in [-0.2, 0) is 29.1 Å². The van der Waals surface area contributed by atoms with Crippen molar-refractivity contribution in [1.29, 1.82) is 0 Å². The molecule has 0 radical (unpaired) electrons. The smallest absolute Gasteiger partial charge is 0.312 e. The van der Waals surface area contributed by atoms with Gasteiger partial charge in [-0.2, -0.15) is 0 Å². The van der Waals surface area contributed by atoms with Gasteiger partial charge in [-0.05, 0) is 86.0 Å². The van der Waals surface area contributed by atoms with E-state index in [0.717, 1.165) is 62.4 Å². The van der Waals surface area contributed by atoms with Gasteiger partial charge in [-0.1, -0.05) is 24.3 Å². The highest BCUT2D eigenvalue weighted by Gasteiger charge is 2.63. The Hall–Kier alpha value is -3.45. The Morgan fingerprint density at radius 1 is 1.22 bits per heavy atom. The molecular formula is C30H34N4O3. The van der Waals surface area contributed by atoms with Gasteiger partial charge in [0.15, 0.2) is 0 Å². The lowest BCUT2D eigenvalue weighted by Gasteiger charge is -2.30. The van der Waals surface area contributed by atoms with Crippen LogP contribution in [0.1, 0.15) is 42.0 Å². The number of fused-ring (bicyclic) bond motifs is 2. The molecule has 37 heavy (non-hydrogen) atoms. The summed E-state index contributed by atoms with van der Waals surface area (Å²) in [5.74, 6) is 1.80. The molecule has 6 rings (SSSR count). The summed E-state index contributed by atoms with van der Waals surface area (Å²) in [5.41, 5.74) is 6.92. The summed E-state index contributed by atoms with van der Waals surface area (Å²) < 4.78 is 11.7. The van der Waals surface area contributed by atoms with Crippen molar-refractivity contribution in [2.75, 3.05) is 31.1 Å². The van der Waals surface area contributed by atoms with Crippen LogP contribution >= 0.6 is 0 Å². The number of hydrogen-bond acceptors (Lipinski definition) is 7. The van der Waals surface area contributed by atoms with Gasteiger partial charge in [-0.3, -0.25) is 4.79 Å². The molecule has 1 N–H and O–H groups in total. The number of nitrogens with one attached hydrogen (secondary N) is 1. The Balaban J connectivity index is 1.18. The number of para-hydroxylation sites is 1. The van der Waals surface area contributed by atoms with E-state index in [-0.39, 0.29) is 11.4 Å². The first kappa shape index (κ1) is 23.9. The number of rotatable bonds is 7. The molecule has 1 aliphatic carbocycles. The topological polar surface area (TPSA) is 76.6 Å². The summed E-state index contributed by atoms with van der Waals surface area (Å²) >= 11 is 0. The summed E-state index contributed by atoms with van der Waals surface area (Å²) in [6.45, 7) is 8.54. The molecule has 2 atom stereocenters. The zero-order valence-corrected chi connectivity index (χ0v) is 21.6. The van der Waals surface area contributed by atoms with E-state index >= 15 is 0 Å². The zero-order valence-electron chi connectivity index (χ0n) is 21.6. The van der Waals surface area contributed by atoms with Gasteiger partial charge in [0.2, 0.25) is 5.95 Å². The average molecular weight is 499 g/mol. The van der Waals surface area contributed by atoms with Crippen LogP contribution in [0.25, 0.3) is 11.3 Å². The molecular weight excluding hydrogens is 464 g/mol. The first-order chi connectivity index (χ1) is 18.1. The third-order valence-electron chi connectivity index (χ3n) is 8.33. The lowest BCUT2D eigenvalue weighted by molar-refractivity contribution is -0.150. The molecule has 0 bridgehead atoms. The average Bonchev–Trinajstić information content (AvgIpc) is 3.69. The second kappa shape index (κ2) is 9.78. The summed E-state index contributed by atoms with van der Waals surface area (Å²) in [4.78, 5) is 24.2. The van der Waals surface area contributed by atoms with Gasteiger partial charge in [0, 0.05) is 31.4 Å². The fraction of sp³-hybridized carbons (Fsp3) is 0.433. The van der Waals surface area contributed by atoms with Crippen molar-refractivity contribution in [3.8, 4) is 17.0 Å². The molecule has 0 spiro atoms. The largest absolute Gasteiger partial charge is 0.488 e. The number of anilines is 1. The third kappa shape index (κ3) is 4.46. The molecule has 2 aliphatic heterocycles. The van der Waals surface area contributed by atoms with Crippen molar-refractivity contribution in [3.63, 3.8) is 0 Å². The lowest BCUT2D eigenvalue weighted by atomic mass is 9.93. The Labute approximate surface area is 218 Å². The van der Waals surface area contributed by atoms with Crippen LogP contribution < -0.4 is 15.0 Å². The van der Waals surface area contributed by atoms with Gasteiger partial charge in [0.05, 0.1) is 17.7 Å². The molecule has 1 saturated heterocycles. The zero-order chi connectivity index (χ0) is 25.4. The van der Waals surface area contributed by atoms with E-state index in [1.165, 1.54) is 22.3 Å². The van der Waals surface area contributed by atoms with E-state index in [0.29, 0.717) is 25.1 Å². The van der Waals surface area contributed by atoms with Crippen molar-refractivity contribution in [2.24, 2.45) is 11.3 Å². The molecule has 1 saturated carbocycles. The minimum absolute atomic E-state index is 0.0359. The molecule has 2 aromatic carbocycles. The van der Waals surface area contributed by atoms with Crippen molar-refractivity contribution in [2.45, 2.75) is 46.3 Å². The highest BCUT2D eigenvalue weighted by molar-refractivity contribution is 5.81. The number of piperidine rings is 1. The monoisotopic (exact) mass is 498 g/mol.